The lowest BCUT2D eigenvalue weighted by molar-refractivity contribution is 0.0999. The molecule has 0 spiro atoms. The lowest BCUT2D eigenvalue weighted by atomic mass is 10.3. The third kappa shape index (κ3) is 2.98. The van der Waals surface area contributed by atoms with Gasteiger partial charge < -0.3 is 15.8 Å². The van der Waals surface area contributed by atoms with Crippen LogP contribution in [0, 0.1) is 0 Å². The molecule has 76 valence electrons. The number of primary amides is 1. The molecule has 0 unspecified atom stereocenters. The van der Waals surface area contributed by atoms with E-state index in [1.165, 1.54) is 12.4 Å². The van der Waals surface area contributed by atoms with Crippen LogP contribution in [0.3, 0.4) is 0 Å². The van der Waals surface area contributed by atoms with E-state index in [9.17, 15) is 4.79 Å². The number of amides is 1. The summed E-state index contributed by atoms with van der Waals surface area (Å²) in [6, 6.07) is 0. The van der Waals surface area contributed by atoms with Crippen LogP contribution in [0.2, 0.25) is 0 Å². The van der Waals surface area contributed by atoms with Gasteiger partial charge in [-0.15, -0.1) is 0 Å². The molecule has 1 aromatic heterocycles. The van der Waals surface area contributed by atoms with E-state index in [-0.39, 0.29) is 0 Å². The second kappa shape index (κ2) is 5.13. The van der Waals surface area contributed by atoms with Crippen LogP contribution in [0.1, 0.15) is 10.4 Å². The predicted octanol–water partition coefficient (Wildman–Crippen LogP) is -0.366. The molecule has 1 rings (SSSR count). The Bertz CT molecular complexity index is 299. The normalized spacial score (nSPS) is 9.79. The molecule has 0 atom stereocenters. The van der Waals surface area contributed by atoms with Crippen molar-refractivity contribution in [3.63, 3.8) is 0 Å². The van der Waals surface area contributed by atoms with Crippen LogP contribution in [0.25, 0.3) is 0 Å². The van der Waals surface area contributed by atoms with Gasteiger partial charge in [-0.05, 0) is 0 Å². The zero-order chi connectivity index (χ0) is 10.4. The fourth-order valence-electron chi connectivity index (χ4n) is 0.811. The van der Waals surface area contributed by atoms with Crippen molar-refractivity contribution in [1.82, 2.24) is 9.97 Å². The molecular weight excluding hydrogens is 184 g/mol. The van der Waals surface area contributed by atoms with Gasteiger partial charge in [0.25, 0.3) is 5.91 Å². The Kier molecular flexibility index (Phi) is 3.81. The second-order valence-corrected chi connectivity index (χ2v) is 2.58. The summed E-state index contributed by atoms with van der Waals surface area (Å²) in [5.41, 5.74) is 5.32. The van der Waals surface area contributed by atoms with Crippen LogP contribution in [-0.4, -0.2) is 36.1 Å². The molecule has 0 radical (unpaired) electrons. The van der Waals surface area contributed by atoms with Gasteiger partial charge in [0.1, 0.15) is 0 Å². The van der Waals surface area contributed by atoms with E-state index in [4.69, 9.17) is 10.5 Å². The van der Waals surface area contributed by atoms with Crippen molar-refractivity contribution in [2.45, 2.75) is 0 Å². The molecule has 0 aliphatic heterocycles. The van der Waals surface area contributed by atoms with Crippen LogP contribution in [0.4, 0.5) is 5.95 Å². The summed E-state index contributed by atoms with van der Waals surface area (Å²) in [6.07, 6.45) is 2.76. The summed E-state index contributed by atoms with van der Waals surface area (Å²) in [4.78, 5) is 18.5. The smallest absolute Gasteiger partial charge is 0.251 e. The molecule has 1 aromatic rings. The van der Waals surface area contributed by atoms with Crippen molar-refractivity contribution in [1.29, 1.82) is 0 Å². The molecule has 0 saturated heterocycles. The number of hydrogen-bond donors (Lipinski definition) is 2. The maximum Gasteiger partial charge on any atom is 0.251 e. The van der Waals surface area contributed by atoms with Gasteiger partial charge in [0.15, 0.2) is 0 Å². The van der Waals surface area contributed by atoms with Gasteiger partial charge >= 0.3 is 0 Å². The highest BCUT2D eigenvalue weighted by Crippen LogP contribution is 1.98. The number of nitrogens with two attached hydrogens (primary N) is 1. The Morgan fingerprint density at radius 1 is 1.57 bits per heavy atom. The Morgan fingerprint density at radius 3 is 2.71 bits per heavy atom. The van der Waals surface area contributed by atoms with E-state index in [1.54, 1.807) is 7.11 Å². The van der Waals surface area contributed by atoms with Crippen molar-refractivity contribution in [3.05, 3.63) is 18.0 Å². The summed E-state index contributed by atoms with van der Waals surface area (Å²) in [7, 11) is 1.61. The third-order valence-corrected chi connectivity index (χ3v) is 1.53. The maximum atomic E-state index is 10.7. The average molecular weight is 196 g/mol. The molecule has 1 amide bonds. The van der Waals surface area contributed by atoms with Crippen molar-refractivity contribution < 1.29 is 9.53 Å². The van der Waals surface area contributed by atoms with E-state index in [2.05, 4.69) is 15.3 Å². The molecule has 0 bridgehead atoms. The highest BCUT2D eigenvalue weighted by molar-refractivity contribution is 5.92. The van der Waals surface area contributed by atoms with Gasteiger partial charge in [-0.25, -0.2) is 9.97 Å². The average Bonchev–Trinajstić information content (AvgIpc) is 2.19. The van der Waals surface area contributed by atoms with Crippen molar-refractivity contribution in [2.24, 2.45) is 5.73 Å². The number of rotatable bonds is 5. The number of anilines is 1. The number of nitrogens with one attached hydrogen (secondary N) is 1. The van der Waals surface area contributed by atoms with Crippen LogP contribution in [-0.2, 0) is 4.74 Å². The van der Waals surface area contributed by atoms with Crippen molar-refractivity contribution in [2.75, 3.05) is 25.6 Å². The standard InChI is InChI=1S/C8H12N4O2/c1-14-3-2-10-8-11-4-6(5-12-8)7(9)13/h4-5H,2-3H2,1H3,(H2,9,13)(H,10,11,12). The molecule has 1 heterocycles. The Balaban J connectivity index is 2.51. The van der Waals surface area contributed by atoms with Gasteiger partial charge in [-0.1, -0.05) is 0 Å². The molecule has 0 aliphatic carbocycles. The van der Waals surface area contributed by atoms with Gasteiger partial charge in [-0.2, -0.15) is 0 Å². The first-order valence-corrected chi connectivity index (χ1v) is 4.08. The third-order valence-electron chi connectivity index (χ3n) is 1.53. The minimum Gasteiger partial charge on any atom is -0.383 e. The minimum atomic E-state index is -0.534. The van der Waals surface area contributed by atoms with E-state index < -0.39 is 5.91 Å². The Morgan fingerprint density at radius 2 is 2.21 bits per heavy atom. The number of hydrogen-bond acceptors (Lipinski definition) is 5. The molecule has 0 fully saturated rings. The molecule has 14 heavy (non-hydrogen) atoms. The first kappa shape index (κ1) is 10.4. The highest BCUT2D eigenvalue weighted by atomic mass is 16.5. The first-order chi connectivity index (χ1) is 6.74. The molecular formula is C8H12N4O2. The van der Waals surface area contributed by atoms with Gasteiger partial charge in [-0.3, -0.25) is 4.79 Å². The van der Waals surface area contributed by atoms with Crippen LogP contribution < -0.4 is 11.1 Å². The van der Waals surface area contributed by atoms with Crippen LogP contribution >= 0.6 is 0 Å². The number of carbonyl (C=O) groups excluding carboxylic acids is 1. The topological polar surface area (TPSA) is 90.1 Å². The van der Waals surface area contributed by atoms with E-state index in [0.717, 1.165) is 0 Å². The van der Waals surface area contributed by atoms with E-state index >= 15 is 0 Å². The zero-order valence-electron chi connectivity index (χ0n) is 7.86. The summed E-state index contributed by atoms with van der Waals surface area (Å²) in [5, 5.41) is 2.91. The van der Waals surface area contributed by atoms with Gasteiger partial charge in [0.2, 0.25) is 5.95 Å². The Hall–Kier alpha value is -1.69. The number of nitrogens with zero attached hydrogens (tertiary/aromatic N) is 2. The van der Waals surface area contributed by atoms with Crippen LogP contribution in [0.15, 0.2) is 12.4 Å². The molecule has 3 N–H and O–H groups in total. The van der Waals surface area contributed by atoms with Crippen LogP contribution in [0.5, 0.6) is 0 Å². The summed E-state index contributed by atoms with van der Waals surface area (Å²) in [5.74, 6) is -0.0829. The first-order valence-electron chi connectivity index (χ1n) is 4.08. The molecule has 0 aliphatic rings. The van der Waals surface area contributed by atoms with E-state index in [0.29, 0.717) is 24.7 Å². The SMILES string of the molecule is COCCNc1ncc(C(N)=O)cn1. The molecule has 0 saturated carbocycles. The van der Waals surface area contributed by atoms with Gasteiger partial charge in [0.05, 0.1) is 12.2 Å². The number of methoxy groups -OCH3 is 1. The lowest BCUT2D eigenvalue weighted by Gasteiger charge is -2.03. The maximum absolute atomic E-state index is 10.7. The van der Waals surface area contributed by atoms with E-state index in [1.807, 2.05) is 0 Å². The molecule has 6 heteroatoms. The van der Waals surface area contributed by atoms with Gasteiger partial charge in [0, 0.05) is 26.0 Å². The molecule has 0 aromatic carbocycles. The molecule has 6 nitrogen and oxygen atoms in total. The minimum absolute atomic E-state index is 0.294. The second-order valence-electron chi connectivity index (χ2n) is 2.58. The number of aromatic nitrogens is 2. The highest BCUT2D eigenvalue weighted by Gasteiger charge is 2.01. The fraction of sp³-hybridized carbons (Fsp3) is 0.375. The summed E-state index contributed by atoms with van der Waals surface area (Å²) >= 11 is 0. The number of carbonyl (C=O) groups is 1. The zero-order valence-corrected chi connectivity index (χ0v) is 7.86. The monoisotopic (exact) mass is 196 g/mol. The van der Waals surface area contributed by atoms with Crippen molar-refractivity contribution in [3.8, 4) is 0 Å². The lowest BCUT2D eigenvalue weighted by Crippen LogP contribution is -2.14. The summed E-state index contributed by atoms with van der Waals surface area (Å²) in [6.45, 7) is 1.19. The summed E-state index contributed by atoms with van der Waals surface area (Å²) < 4.78 is 4.83. The quantitative estimate of drug-likeness (QED) is 0.627. The predicted molar refractivity (Wildman–Crippen MR) is 50.9 cm³/mol. The number of ether oxygens (including phenoxy) is 1. The Labute approximate surface area is 81.5 Å². The fourth-order valence-corrected chi connectivity index (χ4v) is 0.811. The largest absolute Gasteiger partial charge is 0.383 e. The van der Waals surface area contributed by atoms with Crippen molar-refractivity contribution >= 4 is 11.9 Å².